The molecule has 4 aliphatic heterocycles. The molecule has 0 amide bonds. The molecule has 404 valence electrons. The van der Waals surface area contributed by atoms with E-state index in [1.54, 1.807) is 0 Å². The number of aliphatic hydroxyl groups excluding tert-OH is 13. The van der Waals surface area contributed by atoms with Gasteiger partial charge in [-0.15, -0.1) is 0 Å². The fraction of sp³-hybridized carbons (Fsp3) is 0.959. The molecule has 7 fully saturated rings. The van der Waals surface area contributed by atoms with E-state index in [1.165, 1.54) is 6.92 Å². The summed E-state index contributed by atoms with van der Waals surface area (Å²) in [5, 5.41) is 141. The van der Waals surface area contributed by atoms with Crippen molar-refractivity contribution in [3.63, 3.8) is 0 Å². The second-order valence-corrected chi connectivity index (χ2v) is 22.8. The largest absolute Gasteiger partial charge is 0.394 e. The second-order valence-electron chi connectivity index (χ2n) is 22.8. The summed E-state index contributed by atoms with van der Waals surface area (Å²) in [6.45, 7) is 10.7. The van der Waals surface area contributed by atoms with Crippen molar-refractivity contribution in [1.82, 2.24) is 0 Å². The maximum atomic E-state index is 11.8. The Morgan fingerprint density at radius 2 is 1.30 bits per heavy atom. The number of fused-ring (bicyclic) bond motifs is 5. The summed E-state index contributed by atoms with van der Waals surface area (Å²) in [6.07, 6.45) is -23.3. The lowest BCUT2D eigenvalue weighted by molar-refractivity contribution is -0.382. The van der Waals surface area contributed by atoms with E-state index in [-0.39, 0.29) is 42.6 Å². The summed E-state index contributed by atoms with van der Waals surface area (Å²) in [7, 11) is 0. The molecule has 8 rings (SSSR count). The van der Waals surface area contributed by atoms with Crippen molar-refractivity contribution in [1.29, 1.82) is 0 Å². The maximum Gasteiger partial charge on any atom is 0.187 e. The molecule has 0 aromatic carbocycles. The first-order valence-electron chi connectivity index (χ1n) is 25.6. The number of ether oxygens (including phenoxy) is 8. The van der Waals surface area contributed by atoms with E-state index in [4.69, 9.17) is 37.9 Å². The predicted molar refractivity (Wildman–Crippen MR) is 240 cm³/mol. The van der Waals surface area contributed by atoms with Gasteiger partial charge in [0.15, 0.2) is 25.2 Å². The number of allylic oxidation sites excluding steroid dienone is 1. The summed E-state index contributed by atoms with van der Waals surface area (Å²) in [5.74, 6) is -0.167. The maximum absolute atomic E-state index is 11.8. The zero-order valence-corrected chi connectivity index (χ0v) is 41.1. The fourth-order valence-corrected chi connectivity index (χ4v) is 14.0. The summed E-state index contributed by atoms with van der Waals surface area (Å²) >= 11 is 0. The van der Waals surface area contributed by atoms with E-state index in [1.807, 2.05) is 6.92 Å². The van der Waals surface area contributed by atoms with E-state index in [2.05, 4.69) is 33.8 Å². The van der Waals surface area contributed by atoms with Crippen LogP contribution in [0, 0.1) is 46.3 Å². The minimum atomic E-state index is -1.79. The monoisotopic (exact) mass is 1010 g/mol. The van der Waals surface area contributed by atoms with Crippen molar-refractivity contribution >= 4 is 0 Å². The molecule has 3 saturated carbocycles. The molecular weight excluding hydrogens is 925 g/mol. The Labute approximate surface area is 409 Å². The lowest BCUT2D eigenvalue weighted by atomic mass is 9.46. The molecule has 0 aromatic rings. The minimum Gasteiger partial charge on any atom is -0.394 e. The predicted octanol–water partition coefficient (Wildman–Crippen LogP) is -2.10. The van der Waals surface area contributed by atoms with Crippen LogP contribution in [0.5, 0.6) is 0 Å². The molecule has 0 unspecified atom stereocenters. The highest BCUT2D eigenvalue weighted by Crippen LogP contribution is 2.68. The van der Waals surface area contributed by atoms with Gasteiger partial charge in [0.25, 0.3) is 0 Å². The first-order chi connectivity index (χ1) is 33.0. The van der Waals surface area contributed by atoms with Crippen LogP contribution in [-0.4, -0.2) is 221 Å². The Kier molecular flexibility index (Phi) is 17.2. The molecule has 70 heavy (non-hydrogen) atoms. The van der Waals surface area contributed by atoms with Crippen LogP contribution in [0.25, 0.3) is 0 Å². The van der Waals surface area contributed by atoms with Crippen LogP contribution in [-0.2, 0) is 37.9 Å². The lowest BCUT2D eigenvalue weighted by Crippen LogP contribution is -2.65. The molecule has 4 saturated heterocycles. The Bertz CT molecular complexity index is 1760. The number of hydrogen-bond donors (Lipinski definition) is 13. The van der Waals surface area contributed by atoms with Gasteiger partial charge in [-0.1, -0.05) is 46.3 Å². The molecule has 0 aromatic heterocycles. The number of rotatable bonds is 14. The summed E-state index contributed by atoms with van der Waals surface area (Å²) < 4.78 is 49.7. The Hall–Kier alpha value is -1.10. The topological polar surface area (TPSA) is 337 Å². The van der Waals surface area contributed by atoms with Crippen LogP contribution >= 0.6 is 0 Å². The molecule has 21 nitrogen and oxygen atoms in total. The molecule has 4 heterocycles. The van der Waals surface area contributed by atoms with Crippen LogP contribution in [0.3, 0.4) is 0 Å². The van der Waals surface area contributed by atoms with Crippen molar-refractivity contribution in [3.8, 4) is 0 Å². The van der Waals surface area contributed by atoms with Crippen molar-refractivity contribution in [2.75, 3.05) is 19.8 Å². The van der Waals surface area contributed by atoms with Gasteiger partial charge < -0.3 is 104 Å². The van der Waals surface area contributed by atoms with Gasteiger partial charge in [-0.25, -0.2) is 0 Å². The average Bonchev–Trinajstić information content (AvgIpc) is 3.62. The molecule has 8 aliphatic rings. The molecule has 0 spiro atoms. The fourth-order valence-electron chi connectivity index (χ4n) is 14.0. The lowest BCUT2D eigenvalue weighted by Gasteiger charge is -2.60. The molecule has 29 atom stereocenters. The second kappa shape index (κ2) is 21.9. The quantitative estimate of drug-likeness (QED) is 0.0830. The Morgan fingerprint density at radius 1 is 0.671 bits per heavy atom. The third-order valence-electron chi connectivity index (χ3n) is 18.1. The number of hydrogen-bond acceptors (Lipinski definition) is 21. The highest BCUT2D eigenvalue weighted by atomic mass is 16.8. The molecular formula is C49H82O21. The third-order valence-corrected chi connectivity index (χ3v) is 18.1. The zero-order valence-electron chi connectivity index (χ0n) is 41.1. The van der Waals surface area contributed by atoms with Crippen molar-refractivity contribution in [2.45, 2.75) is 228 Å². The number of aliphatic hydroxyl groups is 13. The molecule has 13 N–H and O–H groups in total. The zero-order chi connectivity index (χ0) is 50.9. The molecule has 4 aliphatic carbocycles. The standard InChI is InChI=1S/C49H82O21/c1-19(2)7-10-27(52)20(3)33-30(66-46-41(62)38(59)36(57)31(16-50)67-46)15-26-24-9-8-22-13-23(51)14-32(49(22,6)25(24)11-12-48(26,33)5)68-47-43(70-45-40(61)37(58)34(55)21(4)65-45)42(29(54)18-64-47)69-44-39(60)35(56)28(53)17-63-44/h8,19-21,23-47,50-62H,7,9-18H2,1-6H3/t20-,21+,23-,24-,25+,26+,27+,28-,29-,30+,31-,32-,33+,34+,35+,36-,37-,38+,39-,40-,41-,42+,43-,44+,45+,46-,47+,48+,49+/m1/s1. The van der Waals surface area contributed by atoms with E-state index >= 15 is 0 Å². The van der Waals surface area contributed by atoms with Crippen molar-refractivity contribution < 1.29 is 104 Å². The van der Waals surface area contributed by atoms with Gasteiger partial charge in [-0.3, -0.25) is 0 Å². The summed E-state index contributed by atoms with van der Waals surface area (Å²) in [4.78, 5) is 0. The first-order valence-corrected chi connectivity index (χ1v) is 25.6. The van der Waals surface area contributed by atoms with E-state index in [9.17, 15) is 66.4 Å². The molecule has 21 heteroatoms. The average molecular weight is 1010 g/mol. The van der Waals surface area contributed by atoms with Crippen LogP contribution < -0.4 is 0 Å². The minimum absolute atomic E-state index is 0.00700. The van der Waals surface area contributed by atoms with Gasteiger partial charge in [0, 0.05) is 11.8 Å². The molecule has 0 bridgehead atoms. The van der Waals surface area contributed by atoms with Crippen LogP contribution in [0.4, 0.5) is 0 Å². The smallest absolute Gasteiger partial charge is 0.187 e. The van der Waals surface area contributed by atoms with Gasteiger partial charge >= 0.3 is 0 Å². The van der Waals surface area contributed by atoms with Gasteiger partial charge in [0.1, 0.15) is 79.4 Å². The summed E-state index contributed by atoms with van der Waals surface area (Å²) in [5.41, 5.74) is -0.148. The first kappa shape index (κ1) is 55.1. The van der Waals surface area contributed by atoms with Crippen molar-refractivity contribution in [3.05, 3.63) is 11.6 Å². The highest BCUT2D eigenvalue weighted by Gasteiger charge is 2.66. The SMILES string of the molecule is CC(C)CC[C@H](O)[C@@H](C)[C@H]1[C@@H](O[C@@H]2O[C@H](CO)[C@@H](O)[C@H](O)[C@H]2O)C[C@H]2[C@@H]3CC=C4C[C@@H](O)C[C@@H](O[C@@H]5OC[C@@H](O)[C@H](O[C@@H]6OC[C@@H](O)[C@H](O)[C@H]6O)[C@H]5O[C@@H]5O[C@@H](C)[C@H](O)[C@@H](O)[C@H]5O)[C@]4(C)[C@H]3CC[C@]12C. The van der Waals surface area contributed by atoms with Crippen LogP contribution in [0.15, 0.2) is 11.6 Å². The molecule has 0 radical (unpaired) electrons. The van der Waals surface area contributed by atoms with E-state index in [0.29, 0.717) is 44.4 Å². The summed E-state index contributed by atoms with van der Waals surface area (Å²) in [6, 6.07) is 0. The highest BCUT2D eigenvalue weighted by molar-refractivity contribution is 5.28. The van der Waals surface area contributed by atoms with E-state index < -0.39 is 159 Å². The van der Waals surface area contributed by atoms with Gasteiger partial charge in [0.05, 0.1) is 50.3 Å². The van der Waals surface area contributed by atoms with Gasteiger partial charge in [-0.05, 0) is 92.8 Å². The van der Waals surface area contributed by atoms with Gasteiger partial charge in [0.2, 0.25) is 0 Å². The van der Waals surface area contributed by atoms with Crippen LogP contribution in [0.2, 0.25) is 0 Å². The van der Waals surface area contributed by atoms with E-state index in [0.717, 1.165) is 12.0 Å². The third kappa shape index (κ3) is 10.2. The normalized spacial score (nSPS) is 52.9. The van der Waals surface area contributed by atoms with Gasteiger partial charge in [-0.2, -0.15) is 0 Å². The van der Waals surface area contributed by atoms with Crippen molar-refractivity contribution in [2.24, 2.45) is 46.3 Å². The Morgan fingerprint density at radius 3 is 1.99 bits per heavy atom. The van der Waals surface area contributed by atoms with Crippen LogP contribution in [0.1, 0.15) is 92.9 Å². The Balaban J connectivity index is 1.10.